The molecule has 0 radical (unpaired) electrons. The lowest BCUT2D eigenvalue weighted by Crippen LogP contribution is -2.26. The Kier molecular flexibility index (Phi) is 7.11. The van der Waals surface area contributed by atoms with Gasteiger partial charge < -0.3 is 9.80 Å². The van der Waals surface area contributed by atoms with E-state index in [1.54, 1.807) is 0 Å². The summed E-state index contributed by atoms with van der Waals surface area (Å²) in [6.45, 7) is 0. The summed E-state index contributed by atoms with van der Waals surface area (Å²) in [7, 11) is 0. The summed E-state index contributed by atoms with van der Waals surface area (Å²) in [4.78, 5) is 4.86. The van der Waals surface area contributed by atoms with E-state index in [1.807, 2.05) is 0 Å². The first-order valence-electron chi connectivity index (χ1n) is 19.0. The van der Waals surface area contributed by atoms with Crippen molar-refractivity contribution in [2.24, 2.45) is 0 Å². The molecule has 0 bridgehead atoms. The van der Waals surface area contributed by atoms with Crippen molar-refractivity contribution in [2.75, 3.05) is 9.80 Å². The Morgan fingerprint density at radius 2 is 0.673 bits per heavy atom. The molecule has 1 atom stereocenters. The zero-order chi connectivity index (χ0) is 36.3. The predicted octanol–water partition coefficient (Wildman–Crippen LogP) is 14.1. The molecule has 0 fully saturated rings. The van der Waals surface area contributed by atoms with E-state index in [2.05, 4.69) is 228 Å². The van der Waals surface area contributed by atoms with Gasteiger partial charge in [-0.25, -0.2) is 0 Å². The monoisotopic (exact) mass is 700 g/mol. The fraction of sp³-hybridized carbons (Fsp3) is 0.0189. The first-order chi connectivity index (χ1) is 27.3. The maximum Gasteiger partial charge on any atom is 0.0727 e. The van der Waals surface area contributed by atoms with E-state index in [0.29, 0.717) is 0 Å². The van der Waals surface area contributed by atoms with Gasteiger partial charge in [-0.1, -0.05) is 158 Å². The lowest BCUT2D eigenvalue weighted by molar-refractivity contribution is 0.794. The molecule has 0 aromatic heterocycles. The summed E-state index contributed by atoms with van der Waals surface area (Å²) in [5.74, 6) is 0. The molecule has 0 N–H and O–H groups in total. The van der Waals surface area contributed by atoms with Crippen molar-refractivity contribution in [1.82, 2.24) is 0 Å². The molecule has 55 heavy (non-hydrogen) atoms. The predicted molar refractivity (Wildman–Crippen MR) is 230 cm³/mol. The van der Waals surface area contributed by atoms with Crippen LogP contribution in [0, 0.1) is 0 Å². The van der Waals surface area contributed by atoms with E-state index >= 15 is 0 Å². The average molecular weight is 701 g/mol. The molecule has 0 saturated carbocycles. The highest BCUT2D eigenvalue weighted by Crippen LogP contribution is 2.66. The topological polar surface area (TPSA) is 6.48 Å². The van der Waals surface area contributed by atoms with Crippen LogP contribution in [0.1, 0.15) is 22.3 Å². The molecule has 11 rings (SSSR count). The molecule has 258 valence electrons. The largest absolute Gasteiger partial charge is 0.310 e. The Bertz CT molecular complexity index is 2790. The van der Waals surface area contributed by atoms with Gasteiger partial charge in [-0.05, 0) is 105 Å². The number of benzene rings is 9. The molecule has 2 nitrogen and oxygen atoms in total. The van der Waals surface area contributed by atoms with Crippen LogP contribution >= 0.6 is 0 Å². The summed E-state index contributed by atoms with van der Waals surface area (Å²) in [6.07, 6.45) is 0. The molecule has 2 aliphatic rings. The standard InChI is InChI=1S/C53H36N2/c1-5-20-37(21-6-1)54(38-22-7-2-8-23-38)49-35-19-34-47-52(49)44-31-16-18-33-46(44)53(47)45-32-17-15-30-43(45)51-42-29-14-13-28-41(42)50(36-48(51)53)55(39-24-9-3-10-25-39)40-26-11-4-12-27-40/h1-36H. The van der Waals surface area contributed by atoms with Crippen molar-refractivity contribution in [1.29, 1.82) is 0 Å². The van der Waals surface area contributed by atoms with Crippen LogP contribution in [0.2, 0.25) is 0 Å². The molecule has 0 heterocycles. The molecular weight excluding hydrogens is 665 g/mol. The minimum absolute atomic E-state index is 0.551. The zero-order valence-electron chi connectivity index (χ0n) is 30.2. The van der Waals surface area contributed by atoms with Crippen LogP contribution in [0.3, 0.4) is 0 Å². The fourth-order valence-corrected chi connectivity index (χ4v) is 9.54. The van der Waals surface area contributed by atoms with Gasteiger partial charge in [-0.3, -0.25) is 0 Å². The minimum Gasteiger partial charge on any atom is -0.310 e. The maximum atomic E-state index is 2.52. The Labute approximate surface area is 321 Å². The second-order valence-electron chi connectivity index (χ2n) is 14.4. The smallest absolute Gasteiger partial charge is 0.0727 e. The Morgan fingerprint density at radius 1 is 0.273 bits per heavy atom. The second-order valence-corrected chi connectivity index (χ2v) is 14.4. The molecule has 0 aliphatic heterocycles. The van der Waals surface area contributed by atoms with Gasteiger partial charge in [0.2, 0.25) is 0 Å². The van der Waals surface area contributed by atoms with Gasteiger partial charge in [-0.2, -0.15) is 0 Å². The van der Waals surface area contributed by atoms with Crippen LogP contribution in [0.15, 0.2) is 218 Å². The summed E-state index contributed by atoms with van der Waals surface area (Å²) in [5.41, 5.74) is 16.7. The Balaban J connectivity index is 1.27. The number of anilines is 6. The van der Waals surface area contributed by atoms with Gasteiger partial charge in [0.15, 0.2) is 0 Å². The highest BCUT2D eigenvalue weighted by Gasteiger charge is 2.53. The van der Waals surface area contributed by atoms with E-state index in [0.717, 1.165) is 28.4 Å². The lowest BCUT2D eigenvalue weighted by Gasteiger charge is -2.33. The molecular formula is C53H36N2. The van der Waals surface area contributed by atoms with E-state index in [-0.39, 0.29) is 0 Å². The van der Waals surface area contributed by atoms with Crippen molar-refractivity contribution in [3.05, 3.63) is 241 Å². The van der Waals surface area contributed by atoms with E-state index < -0.39 is 5.41 Å². The van der Waals surface area contributed by atoms with Crippen LogP contribution in [0.25, 0.3) is 33.0 Å². The van der Waals surface area contributed by atoms with E-state index in [9.17, 15) is 0 Å². The van der Waals surface area contributed by atoms with Gasteiger partial charge in [0.25, 0.3) is 0 Å². The third kappa shape index (κ3) is 4.55. The van der Waals surface area contributed by atoms with E-state index in [1.165, 1.54) is 61.0 Å². The lowest BCUT2D eigenvalue weighted by atomic mass is 9.70. The van der Waals surface area contributed by atoms with Gasteiger partial charge in [0.1, 0.15) is 0 Å². The number of hydrogen-bond acceptors (Lipinski definition) is 2. The van der Waals surface area contributed by atoms with Crippen molar-refractivity contribution >= 4 is 44.9 Å². The van der Waals surface area contributed by atoms with Crippen LogP contribution in [-0.4, -0.2) is 0 Å². The van der Waals surface area contributed by atoms with Crippen molar-refractivity contribution < 1.29 is 0 Å². The SMILES string of the molecule is c1ccc(N(c2ccccc2)c2cccc3c2-c2ccccc2C32c3ccccc3-c3c2cc(N(c2ccccc2)c2ccccc2)c2ccccc32)cc1. The number of fused-ring (bicyclic) bond motifs is 12. The van der Waals surface area contributed by atoms with E-state index in [4.69, 9.17) is 0 Å². The second kappa shape index (κ2) is 12.5. The molecule has 2 aliphatic carbocycles. The van der Waals surface area contributed by atoms with Gasteiger partial charge in [0, 0.05) is 33.7 Å². The first kappa shape index (κ1) is 31.4. The molecule has 0 amide bonds. The molecule has 9 aromatic carbocycles. The molecule has 1 unspecified atom stereocenters. The summed E-state index contributed by atoms with van der Waals surface area (Å²) in [5, 5.41) is 2.48. The normalized spacial score (nSPS) is 14.6. The third-order valence-corrected chi connectivity index (χ3v) is 11.6. The van der Waals surface area contributed by atoms with Gasteiger partial charge >= 0.3 is 0 Å². The fourth-order valence-electron chi connectivity index (χ4n) is 9.54. The minimum atomic E-state index is -0.551. The maximum absolute atomic E-state index is 2.52. The Morgan fingerprint density at radius 3 is 1.20 bits per heavy atom. The van der Waals surface area contributed by atoms with Crippen LogP contribution in [0.4, 0.5) is 34.1 Å². The molecule has 2 heteroatoms. The molecule has 9 aromatic rings. The zero-order valence-corrected chi connectivity index (χ0v) is 30.2. The molecule has 1 spiro atoms. The highest BCUT2D eigenvalue weighted by molar-refractivity contribution is 6.12. The first-order valence-corrected chi connectivity index (χ1v) is 19.0. The quantitative estimate of drug-likeness (QED) is 0.170. The Hall–Kier alpha value is -7.16. The van der Waals surface area contributed by atoms with Crippen molar-refractivity contribution in [2.45, 2.75) is 5.41 Å². The van der Waals surface area contributed by atoms with Gasteiger partial charge in [0.05, 0.1) is 16.8 Å². The van der Waals surface area contributed by atoms with Crippen molar-refractivity contribution in [3.8, 4) is 22.3 Å². The summed E-state index contributed by atoms with van der Waals surface area (Å²) in [6, 6.07) is 79.9. The number of nitrogens with zero attached hydrogens (tertiary/aromatic N) is 2. The number of rotatable bonds is 6. The highest BCUT2D eigenvalue weighted by atomic mass is 15.2. The van der Waals surface area contributed by atoms with Crippen molar-refractivity contribution in [3.63, 3.8) is 0 Å². The number of para-hydroxylation sites is 4. The average Bonchev–Trinajstić information content (AvgIpc) is 3.73. The van der Waals surface area contributed by atoms with Crippen LogP contribution in [-0.2, 0) is 5.41 Å². The van der Waals surface area contributed by atoms with Gasteiger partial charge in [-0.15, -0.1) is 0 Å². The van der Waals surface area contributed by atoms with Crippen LogP contribution in [0.5, 0.6) is 0 Å². The number of hydrogen-bond donors (Lipinski definition) is 0. The van der Waals surface area contributed by atoms with Crippen LogP contribution < -0.4 is 9.80 Å². The summed E-state index contributed by atoms with van der Waals surface area (Å²) >= 11 is 0. The third-order valence-electron chi connectivity index (χ3n) is 11.6. The summed E-state index contributed by atoms with van der Waals surface area (Å²) < 4.78 is 0. The molecule has 0 saturated heterocycles.